The average molecular weight is 288 g/mol. The summed E-state index contributed by atoms with van der Waals surface area (Å²) in [6.45, 7) is 12.9. The van der Waals surface area contributed by atoms with E-state index in [9.17, 15) is 9.59 Å². The first-order valence-electron chi connectivity index (χ1n) is 8.06. The van der Waals surface area contributed by atoms with Gasteiger partial charge in [0.2, 0.25) is 6.41 Å². The summed E-state index contributed by atoms with van der Waals surface area (Å²) in [5, 5.41) is 5.80. The minimum absolute atomic E-state index is 0.265. The molecular formula is C16H36N2O2. The van der Waals surface area contributed by atoms with Crippen LogP contribution in [0.25, 0.3) is 0 Å². The van der Waals surface area contributed by atoms with Crippen molar-refractivity contribution in [1.82, 2.24) is 10.6 Å². The van der Waals surface area contributed by atoms with Crippen LogP contribution >= 0.6 is 0 Å². The molecule has 0 saturated heterocycles. The molecule has 0 fully saturated rings. The number of hydrogen-bond acceptors (Lipinski definition) is 3. The highest BCUT2D eigenvalue weighted by Gasteiger charge is 1.93. The van der Waals surface area contributed by atoms with E-state index >= 15 is 0 Å². The Morgan fingerprint density at radius 3 is 2.00 bits per heavy atom. The number of carbonyl (C=O) groups excluding carboxylic acids is 2. The zero-order valence-corrected chi connectivity index (χ0v) is 14.3. The van der Waals surface area contributed by atoms with Gasteiger partial charge in [0, 0.05) is 13.0 Å². The molecule has 0 bridgehead atoms. The van der Waals surface area contributed by atoms with Gasteiger partial charge < -0.3 is 15.4 Å². The van der Waals surface area contributed by atoms with Crippen LogP contribution in [0.4, 0.5) is 0 Å². The van der Waals surface area contributed by atoms with Gasteiger partial charge in [-0.25, -0.2) is 0 Å². The Kier molecular flexibility index (Phi) is 32.1. The van der Waals surface area contributed by atoms with E-state index in [2.05, 4.69) is 24.5 Å². The van der Waals surface area contributed by atoms with E-state index in [0.717, 1.165) is 51.7 Å². The molecule has 4 heteroatoms. The van der Waals surface area contributed by atoms with E-state index in [0.29, 0.717) is 6.42 Å². The number of amides is 1. The molecule has 0 aromatic carbocycles. The van der Waals surface area contributed by atoms with Gasteiger partial charge >= 0.3 is 0 Å². The molecule has 0 aliphatic carbocycles. The Morgan fingerprint density at radius 2 is 1.60 bits per heavy atom. The van der Waals surface area contributed by atoms with Crippen molar-refractivity contribution in [3.63, 3.8) is 0 Å². The Balaban J connectivity index is -0.000000304. The Labute approximate surface area is 126 Å². The highest BCUT2D eigenvalue weighted by molar-refractivity contribution is 5.75. The van der Waals surface area contributed by atoms with Crippen LogP contribution in [0.2, 0.25) is 0 Å². The molecular weight excluding hydrogens is 252 g/mol. The molecule has 0 spiro atoms. The Hall–Kier alpha value is -0.900. The van der Waals surface area contributed by atoms with Gasteiger partial charge in [-0.1, -0.05) is 40.5 Å². The van der Waals surface area contributed by atoms with Crippen LogP contribution in [0.15, 0.2) is 0 Å². The molecule has 0 aromatic rings. The minimum atomic E-state index is 0.265. The van der Waals surface area contributed by atoms with Crippen LogP contribution in [0, 0.1) is 0 Å². The molecule has 0 heterocycles. The zero-order chi connectivity index (χ0) is 16.1. The Bertz CT molecular complexity index is 181. The summed E-state index contributed by atoms with van der Waals surface area (Å²) < 4.78 is 0. The highest BCUT2D eigenvalue weighted by atomic mass is 16.1. The zero-order valence-electron chi connectivity index (χ0n) is 14.3. The molecule has 0 saturated carbocycles. The standard InChI is InChI=1S/C9H17NO2.C5H13N.C2H6/c1-9(12)6-4-2-3-5-7-10-8-11;1-3-5-6-4-2;1-2/h8H,2-7H2,1H3,(H,10,11);6H,3-5H2,1-2H3;1-2H3. The number of unbranched alkanes of at least 4 members (excludes halogenated alkanes) is 3. The van der Waals surface area contributed by atoms with Crippen LogP contribution in [0.3, 0.4) is 0 Å². The lowest BCUT2D eigenvalue weighted by Crippen LogP contribution is -2.12. The van der Waals surface area contributed by atoms with Crippen molar-refractivity contribution < 1.29 is 9.59 Å². The van der Waals surface area contributed by atoms with Gasteiger partial charge in [0.1, 0.15) is 5.78 Å². The fourth-order valence-corrected chi connectivity index (χ4v) is 1.37. The lowest BCUT2D eigenvalue weighted by atomic mass is 10.1. The van der Waals surface area contributed by atoms with Crippen molar-refractivity contribution in [2.75, 3.05) is 19.6 Å². The highest BCUT2D eigenvalue weighted by Crippen LogP contribution is 2.02. The van der Waals surface area contributed by atoms with Crippen molar-refractivity contribution in [1.29, 1.82) is 0 Å². The van der Waals surface area contributed by atoms with Crippen LogP contribution < -0.4 is 10.6 Å². The molecule has 0 rings (SSSR count). The van der Waals surface area contributed by atoms with Crippen molar-refractivity contribution in [3.8, 4) is 0 Å². The molecule has 2 N–H and O–H groups in total. The predicted molar refractivity (Wildman–Crippen MR) is 88.0 cm³/mol. The van der Waals surface area contributed by atoms with Gasteiger partial charge in [-0.05, 0) is 39.3 Å². The van der Waals surface area contributed by atoms with Crippen LogP contribution in [0.1, 0.15) is 73.1 Å². The van der Waals surface area contributed by atoms with Crippen LogP contribution in [0.5, 0.6) is 0 Å². The normalized spacial score (nSPS) is 8.65. The largest absolute Gasteiger partial charge is 0.359 e. The summed E-state index contributed by atoms with van der Waals surface area (Å²) in [5.74, 6) is 0.265. The van der Waals surface area contributed by atoms with Gasteiger partial charge in [0.05, 0.1) is 0 Å². The predicted octanol–water partition coefficient (Wildman–Crippen LogP) is 3.30. The number of rotatable bonds is 11. The first-order chi connectivity index (χ1) is 9.68. The molecule has 0 aliphatic heterocycles. The molecule has 0 radical (unpaired) electrons. The third-order valence-electron chi connectivity index (χ3n) is 2.36. The summed E-state index contributed by atoms with van der Waals surface area (Å²) in [6, 6.07) is 0. The number of ketones is 1. The molecule has 122 valence electrons. The summed E-state index contributed by atoms with van der Waals surface area (Å²) in [7, 11) is 0. The summed E-state index contributed by atoms with van der Waals surface area (Å²) in [4.78, 5) is 20.3. The van der Waals surface area contributed by atoms with E-state index < -0.39 is 0 Å². The van der Waals surface area contributed by atoms with Crippen molar-refractivity contribution in [2.24, 2.45) is 0 Å². The summed E-state index contributed by atoms with van der Waals surface area (Å²) in [5.41, 5.74) is 0. The number of Topliss-reactive ketones (excluding diaryl/α,β-unsaturated/α-hetero) is 1. The lowest BCUT2D eigenvalue weighted by molar-refractivity contribution is -0.117. The maximum atomic E-state index is 10.5. The van der Waals surface area contributed by atoms with Crippen LogP contribution in [-0.2, 0) is 9.59 Å². The fraction of sp³-hybridized carbons (Fsp3) is 0.875. The fourth-order valence-electron chi connectivity index (χ4n) is 1.37. The SMILES string of the molecule is CC.CC(=O)CCCCCCNC=O.CCCNCC. The first kappa shape index (κ1) is 24.1. The molecule has 0 atom stereocenters. The van der Waals surface area contributed by atoms with Gasteiger partial charge in [0.25, 0.3) is 0 Å². The molecule has 20 heavy (non-hydrogen) atoms. The second kappa shape index (κ2) is 26.6. The molecule has 1 amide bonds. The van der Waals surface area contributed by atoms with E-state index in [1.165, 1.54) is 6.42 Å². The average Bonchev–Trinajstić information content (AvgIpc) is 2.46. The second-order valence-corrected chi connectivity index (χ2v) is 4.29. The number of hydrogen-bond donors (Lipinski definition) is 2. The van der Waals surface area contributed by atoms with Gasteiger partial charge in [0.15, 0.2) is 0 Å². The van der Waals surface area contributed by atoms with Gasteiger partial charge in [-0.3, -0.25) is 4.79 Å². The smallest absolute Gasteiger partial charge is 0.207 e. The Morgan fingerprint density at radius 1 is 1.00 bits per heavy atom. The van der Waals surface area contributed by atoms with E-state index in [-0.39, 0.29) is 5.78 Å². The quantitative estimate of drug-likeness (QED) is 0.453. The third kappa shape index (κ3) is 36.0. The van der Waals surface area contributed by atoms with Crippen molar-refractivity contribution in [2.45, 2.75) is 73.1 Å². The maximum Gasteiger partial charge on any atom is 0.207 e. The molecule has 0 aromatic heterocycles. The monoisotopic (exact) mass is 288 g/mol. The van der Waals surface area contributed by atoms with Gasteiger partial charge in [-0.2, -0.15) is 0 Å². The lowest BCUT2D eigenvalue weighted by Gasteiger charge is -1.98. The van der Waals surface area contributed by atoms with Crippen molar-refractivity contribution >= 4 is 12.2 Å². The number of nitrogens with one attached hydrogen (secondary N) is 2. The minimum Gasteiger partial charge on any atom is -0.359 e. The van der Waals surface area contributed by atoms with Gasteiger partial charge in [-0.15, -0.1) is 0 Å². The molecule has 4 nitrogen and oxygen atoms in total. The first-order valence-corrected chi connectivity index (χ1v) is 8.06. The van der Waals surface area contributed by atoms with E-state index in [4.69, 9.17) is 0 Å². The van der Waals surface area contributed by atoms with E-state index in [1.54, 1.807) is 6.92 Å². The summed E-state index contributed by atoms with van der Waals surface area (Å²) in [6.07, 6.45) is 6.83. The van der Waals surface area contributed by atoms with Crippen molar-refractivity contribution in [3.05, 3.63) is 0 Å². The van der Waals surface area contributed by atoms with Crippen LogP contribution in [-0.4, -0.2) is 31.8 Å². The molecule has 0 aliphatic rings. The topological polar surface area (TPSA) is 58.2 Å². The van der Waals surface area contributed by atoms with E-state index in [1.807, 2.05) is 13.8 Å². The molecule has 0 unspecified atom stereocenters. The number of carbonyl (C=O) groups is 2. The summed E-state index contributed by atoms with van der Waals surface area (Å²) >= 11 is 0. The maximum absolute atomic E-state index is 10.5. The second-order valence-electron chi connectivity index (χ2n) is 4.29. The third-order valence-corrected chi connectivity index (χ3v) is 2.36.